The van der Waals surface area contributed by atoms with Crippen molar-refractivity contribution in [1.82, 2.24) is 15.1 Å². The van der Waals surface area contributed by atoms with E-state index in [-0.39, 0.29) is 6.10 Å². The van der Waals surface area contributed by atoms with Crippen LogP contribution in [-0.4, -0.2) is 42.2 Å². The molecule has 2 fully saturated rings. The zero-order chi connectivity index (χ0) is 13.8. The summed E-state index contributed by atoms with van der Waals surface area (Å²) in [5, 5.41) is 8.06. The van der Waals surface area contributed by atoms with Gasteiger partial charge in [-0.2, -0.15) is 5.10 Å². The van der Waals surface area contributed by atoms with E-state index in [4.69, 9.17) is 9.47 Å². The summed E-state index contributed by atoms with van der Waals surface area (Å²) in [5.74, 6) is 0.562. The Morgan fingerprint density at radius 1 is 1.30 bits per heavy atom. The lowest BCUT2D eigenvalue weighted by atomic mass is 9.96. The highest BCUT2D eigenvalue weighted by atomic mass is 16.5. The van der Waals surface area contributed by atoms with Crippen LogP contribution >= 0.6 is 0 Å². The molecular weight excluding hydrogens is 254 g/mol. The molecule has 0 aliphatic carbocycles. The molecule has 3 heterocycles. The fraction of sp³-hybridized carbons (Fsp3) is 0.800. The summed E-state index contributed by atoms with van der Waals surface area (Å²) in [4.78, 5) is 0. The molecule has 5 heteroatoms. The minimum absolute atomic E-state index is 0.211. The highest BCUT2D eigenvalue weighted by Gasteiger charge is 2.31. The summed E-state index contributed by atoms with van der Waals surface area (Å²) >= 11 is 0. The first-order valence-corrected chi connectivity index (χ1v) is 7.82. The smallest absolute Gasteiger partial charge is 0.0896 e. The third kappa shape index (κ3) is 3.22. The second kappa shape index (κ2) is 6.70. The van der Waals surface area contributed by atoms with Gasteiger partial charge in [-0.3, -0.25) is 4.68 Å². The van der Waals surface area contributed by atoms with Crippen molar-refractivity contribution in [3.63, 3.8) is 0 Å². The van der Waals surface area contributed by atoms with Crippen molar-refractivity contribution >= 4 is 0 Å². The maximum atomic E-state index is 5.93. The summed E-state index contributed by atoms with van der Waals surface area (Å²) in [5.41, 5.74) is 1.23. The zero-order valence-electron chi connectivity index (χ0n) is 12.3. The van der Waals surface area contributed by atoms with E-state index in [0.29, 0.717) is 12.0 Å². The van der Waals surface area contributed by atoms with Gasteiger partial charge in [-0.05, 0) is 26.2 Å². The molecule has 2 aliphatic heterocycles. The van der Waals surface area contributed by atoms with Crippen LogP contribution in [0.4, 0.5) is 0 Å². The maximum Gasteiger partial charge on any atom is 0.0896 e. The lowest BCUT2D eigenvalue weighted by Gasteiger charge is -2.26. The molecule has 112 valence electrons. The largest absolute Gasteiger partial charge is 0.381 e. The first kappa shape index (κ1) is 14.0. The predicted molar refractivity (Wildman–Crippen MR) is 76.5 cm³/mol. The molecule has 5 nitrogen and oxygen atoms in total. The predicted octanol–water partition coefficient (Wildman–Crippen LogP) is 1.75. The summed E-state index contributed by atoms with van der Waals surface area (Å²) < 4.78 is 13.3. The van der Waals surface area contributed by atoms with Crippen molar-refractivity contribution in [2.45, 2.75) is 44.9 Å². The quantitative estimate of drug-likeness (QED) is 0.892. The number of ether oxygens (including phenoxy) is 2. The van der Waals surface area contributed by atoms with Gasteiger partial charge in [0.25, 0.3) is 0 Å². The van der Waals surface area contributed by atoms with Crippen molar-refractivity contribution in [1.29, 1.82) is 0 Å². The van der Waals surface area contributed by atoms with Crippen molar-refractivity contribution in [3.8, 4) is 0 Å². The molecule has 0 unspecified atom stereocenters. The van der Waals surface area contributed by atoms with Crippen molar-refractivity contribution < 1.29 is 9.47 Å². The number of nitrogens with one attached hydrogen (secondary N) is 1. The molecule has 2 saturated heterocycles. The molecule has 1 aromatic heterocycles. The van der Waals surface area contributed by atoms with Crippen LogP contribution in [0.1, 0.15) is 37.9 Å². The van der Waals surface area contributed by atoms with E-state index in [1.807, 2.05) is 10.9 Å². The second-order valence-electron chi connectivity index (χ2n) is 5.76. The van der Waals surface area contributed by atoms with E-state index >= 15 is 0 Å². The number of hydrogen-bond donors (Lipinski definition) is 1. The van der Waals surface area contributed by atoms with Crippen LogP contribution in [0.15, 0.2) is 12.4 Å². The summed E-state index contributed by atoms with van der Waals surface area (Å²) in [6.07, 6.45) is 7.69. The monoisotopic (exact) mass is 279 g/mol. The topological polar surface area (TPSA) is 48.3 Å². The van der Waals surface area contributed by atoms with Crippen molar-refractivity contribution in [3.05, 3.63) is 18.0 Å². The highest BCUT2D eigenvalue weighted by Crippen LogP contribution is 2.34. The third-order valence-corrected chi connectivity index (χ3v) is 4.41. The molecule has 1 N–H and O–H groups in total. The van der Waals surface area contributed by atoms with Crippen LogP contribution in [0, 0.1) is 5.92 Å². The van der Waals surface area contributed by atoms with E-state index in [1.54, 1.807) is 0 Å². The zero-order valence-corrected chi connectivity index (χ0v) is 12.3. The summed E-state index contributed by atoms with van der Waals surface area (Å²) in [6, 6.07) is 0.614. The number of nitrogens with zero attached hydrogens (tertiary/aromatic N) is 2. The maximum absolute atomic E-state index is 5.93. The first-order chi connectivity index (χ1) is 9.86. The molecule has 0 spiro atoms. The average Bonchev–Trinajstić information content (AvgIpc) is 3.14. The van der Waals surface area contributed by atoms with Gasteiger partial charge in [0.2, 0.25) is 0 Å². The van der Waals surface area contributed by atoms with Crippen LogP contribution in [-0.2, 0) is 16.0 Å². The molecule has 2 atom stereocenters. The lowest BCUT2D eigenvalue weighted by Crippen LogP contribution is -2.38. The number of aryl methyl sites for hydroxylation is 1. The minimum atomic E-state index is 0.211. The Balaban J connectivity index is 1.54. The lowest BCUT2D eigenvalue weighted by molar-refractivity contribution is 0.0702. The molecule has 1 aromatic rings. The van der Waals surface area contributed by atoms with Crippen LogP contribution in [0.3, 0.4) is 0 Å². The SMILES string of the molecule is CCn1cc([C@@H]2OCC[C@H]2CNC2CCOCC2)cn1. The van der Waals surface area contributed by atoms with Gasteiger partial charge in [-0.25, -0.2) is 0 Å². The fourth-order valence-corrected chi connectivity index (χ4v) is 3.13. The minimum Gasteiger partial charge on any atom is -0.381 e. The van der Waals surface area contributed by atoms with E-state index in [1.165, 1.54) is 5.56 Å². The van der Waals surface area contributed by atoms with Crippen molar-refractivity contribution in [2.75, 3.05) is 26.4 Å². The Kier molecular flexibility index (Phi) is 4.70. The molecule has 0 saturated carbocycles. The Morgan fingerprint density at radius 2 is 2.15 bits per heavy atom. The number of hydrogen-bond acceptors (Lipinski definition) is 4. The van der Waals surface area contributed by atoms with Gasteiger partial charge in [0.15, 0.2) is 0 Å². The molecule has 3 rings (SSSR count). The first-order valence-electron chi connectivity index (χ1n) is 7.82. The highest BCUT2D eigenvalue weighted by molar-refractivity contribution is 5.11. The molecule has 0 bridgehead atoms. The molecule has 0 amide bonds. The van der Waals surface area contributed by atoms with Gasteiger partial charge in [0.1, 0.15) is 0 Å². The number of rotatable bonds is 5. The average molecular weight is 279 g/mol. The standard InChI is InChI=1S/C15H25N3O2/c1-2-18-11-13(10-17-18)15-12(3-8-20-15)9-16-14-4-6-19-7-5-14/h10-12,14-16H,2-9H2,1H3/t12-,15+/m0/s1. The molecule has 0 radical (unpaired) electrons. The van der Waals surface area contributed by atoms with Gasteiger partial charge in [0, 0.05) is 56.6 Å². The van der Waals surface area contributed by atoms with Crippen LogP contribution in [0.5, 0.6) is 0 Å². The van der Waals surface area contributed by atoms with Crippen molar-refractivity contribution in [2.24, 2.45) is 5.92 Å². The summed E-state index contributed by atoms with van der Waals surface area (Å²) in [6.45, 7) is 6.71. The molecule has 20 heavy (non-hydrogen) atoms. The van der Waals surface area contributed by atoms with E-state index < -0.39 is 0 Å². The molecule has 2 aliphatic rings. The Hall–Kier alpha value is -0.910. The van der Waals surface area contributed by atoms with E-state index in [9.17, 15) is 0 Å². The summed E-state index contributed by atoms with van der Waals surface area (Å²) in [7, 11) is 0. The van der Waals surface area contributed by atoms with Gasteiger partial charge in [0.05, 0.1) is 12.3 Å². The molecular formula is C15H25N3O2. The second-order valence-corrected chi connectivity index (χ2v) is 5.76. The van der Waals surface area contributed by atoms with Gasteiger partial charge in [-0.1, -0.05) is 0 Å². The van der Waals surface area contributed by atoms with Gasteiger partial charge >= 0.3 is 0 Å². The third-order valence-electron chi connectivity index (χ3n) is 4.41. The van der Waals surface area contributed by atoms with E-state index in [0.717, 1.165) is 52.2 Å². The van der Waals surface area contributed by atoms with Crippen LogP contribution < -0.4 is 5.32 Å². The number of aromatic nitrogens is 2. The molecule has 0 aromatic carbocycles. The van der Waals surface area contributed by atoms with E-state index in [2.05, 4.69) is 23.5 Å². The Bertz CT molecular complexity index is 415. The normalized spacial score (nSPS) is 28.1. The Labute approximate surface area is 120 Å². The Morgan fingerprint density at radius 3 is 2.90 bits per heavy atom. The van der Waals surface area contributed by atoms with Crippen LogP contribution in [0.25, 0.3) is 0 Å². The van der Waals surface area contributed by atoms with Gasteiger partial charge < -0.3 is 14.8 Å². The van der Waals surface area contributed by atoms with Gasteiger partial charge in [-0.15, -0.1) is 0 Å². The fourth-order valence-electron chi connectivity index (χ4n) is 3.13. The van der Waals surface area contributed by atoms with Crippen LogP contribution in [0.2, 0.25) is 0 Å².